The summed E-state index contributed by atoms with van der Waals surface area (Å²) >= 11 is 0. The summed E-state index contributed by atoms with van der Waals surface area (Å²) in [5.41, 5.74) is 0.719. The molecule has 1 aliphatic carbocycles. The van der Waals surface area contributed by atoms with Gasteiger partial charge in [-0.1, -0.05) is 6.42 Å². The number of hydrogen-bond donors (Lipinski definition) is 2. The molecule has 5 nitrogen and oxygen atoms in total. The quantitative estimate of drug-likeness (QED) is 0.906. The largest absolute Gasteiger partial charge is 0.339 e. The summed E-state index contributed by atoms with van der Waals surface area (Å²) < 4.78 is 12.8. The second-order valence-electron chi connectivity index (χ2n) is 5.05. The van der Waals surface area contributed by atoms with Crippen LogP contribution in [0.1, 0.15) is 19.3 Å². The predicted octanol–water partition coefficient (Wildman–Crippen LogP) is 3.10. The molecule has 1 aliphatic rings. The van der Waals surface area contributed by atoms with E-state index < -0.39 is 0 Å². The minimum Gasteiger partial charge on any atom is -0.339 e. The number of nitrogens with one attached hydrogen (secondary N) is 2. The zero-order chi connectivity index (χ0) is 14.7. The highest BCUT2D eigenvalue weighted by atomic mass is 19.1. The number of carbonyl (C=O) groups excluding carboxylic acids is 1. The zero-order valence-electron chi connectivity index (χ0n) is 11.3. The van der Waals surface area contributed by atoms with Gasteiger partial charge in [0.25, 0.3) is 0 Å². The highest BCUT2D eigenvalue weighted by Crippen LogP contribution is 2.27. The summed E-state index contributed by atoms with van der Waals surface area (Å²) in [7, 11) is 0. The summed E-state index contributed by atoms with van der Waals surface area (Å²) in [6.07, 6.45) is 3.01. The van der Waals surface area contributed by atoms with E-state index in [9.17, 15) is 9.18 Å². The van der Waals surface area contributed by atoms with Crippen LogP contribution in [-0.4, -0.2) is 16.1 Å². The molecule has 1 aromatic heterocycles. The van der Waals surface area contributed by atoms with Crippen molar-refractivity contribution in [3.05, 3.63) is 42.2 Å². The minimum absolute atomic E-state index is 0.00907. The maximum atomic E-state index is 12.8. The molecular formula is C15H15FN4O. The molecule has 1 heterocycles. The van der Waals surface area contributed by atoms with E-state index in [0.29, 0.717) is 11.6 Å². The number of halogens is 1. The first-order valence-corrected chi connectivity index (χ1v) is 6.88. The molecular weight excluding hydrogens is 271 g/mol. The molecule has 0 spiro atoms. The molecule has 0 saturated heterocycles. The second-order valence-corrected chi connectivity index (χ2v) is 5.05. The van der Waals surface area contributed by atoms with E-state index in [1.54, 1.807) is 24.3 Å². The van der Waals surface area contributed by atoms with Crippen molar-refractivity contribution >= 4 is 23.2 Å². The summed E-state index contributed by atoms with van der Waals surface area (Å²) in [4.78, 5) is 11.8. The van der Waals surface area contributed by atoms with Gasteiger partial charge in [0.15, 0.2) is 11.6 Å². The molecule has 0 unspecified atom stereocenters. The molecule has 0 atom stereocenters. The molecule has 1 fully saturated rings. The fraction of sp³-hybridized carbons (Fsp3) is 0.267. The molecule has 0 aliphatic heterocycles. The standard InChI is InChI=1S/C15H15FN4O/c16-11-4-6-12(7-5-11)17-13-8-9-14(20-19-13)18-15(21)10-2-1-3-10/h4-10H,1-3H2,(H,17,19)(H,18,20,21). The molecule has 0 bridgehead atoms. The first kappa shape index (κ1) is 13.5. The van der Waals surface area contributed by atoms with Gasteiger partial charge in [-0.15, -0.1) is 10.2 Å². The molecule has 21 heavy (non-hydrogen) atoms. The highest BCUT2D eigenvalue weighted by Gasteiger charge is 2.25. The van der Waals surface area contributed by atoms with Crippen LogP contribution in [0.15, 0.2) is 36.4 Å². The van der Waals surface area contributed by atoms with Crippen molar-refractivity contribution in [3.8, 4) is 0 Å². The van der Waals surface area contributed by atoms with Crippen LogP contribution >= 0.6 is 0 Å². The maximum Gasteiger partial charge on any atom is 0.228 e. The van der Waals surface area contributed by atoms with E-state index in [1.165, 1.54) is 12.1 Å². The van der Waals surface area contributed by atoms with Crippen molar-refractivity contribution < 1.29 is 9.18 Å². The number of nitrogens with zero attached hydrogens (tertiary/aromatic N) is 2. The van der Waals surface area contributed by atoms with E-state index in [-0.39, 0.29) is 17.6 Å². The Labute approximate surface area is 121 Å². The monoisotopic (exact) mass is 286 g/mol. The minimum atomic E-state index is -0.291. The molecule has 1 saturated carbocycles. The van der Waals surface area contributed by atoms with Gasteiger partial charge in [-0.05, 0) is 49.2 Å². The predicted molar refractivity (Wildman–Crippen MR) is 77.7 cm³/mol. The fourth-order valence-corrected chi connectivity index (χ4v) is 2.05. The number of anilines is 3. The van der Waals surface area contributed by atoms with Gasteiger partial charge >= 0.3 is 0 Å². The van der Waals surface area contributed by atoms with E-state index in [1.807, 2.05) is 0 Å². The number of carbonyl (C=O) groups is 1. The Morgan fingerprint density at radius 2 is 1.71 bits per heavy atom. The van der Waals surface area contributed by atoms with Crippen molar-refractivity contribution in [1.29, 1.82) is 0 Å². The lowest BCUT2D eigenvalue weighted by Gasteiger charge is -2.23. The number of amides is 1. The zero-order valence-corrected chi connectivity index (χ0v) is 11.3. The second kappa shape index (κ2) is 5.87. The average molecular weight is 286 g/mol. The van der Waals surface area contributed by atoms with Gasteiger partial charge in [0.2, 0.25) is 5.91 Å². The maximum absolute atomic E-state index is 12.8. The van der Waals surface area contributed by atoms with Crippen LogP contribution in [-0.2, 0) is 4.79 Å². The van der Waals surface area contributed by atoms with Crippen LogP contribution < -0.4 is 10.6 Å². The van der Waals surface area contributed by atoms with Gasteiger partial charge < -0.3 is 10.6 Å². The summed E-state index contributed by atoms with van der Waals surface area (Å²) in [5, 5.41) is 13.7. The fourth-order valence-electron chi connectivity index (χ4n) is 2.05. The summed E-state index contributed by atoms with van der Waals surface area (Å²) in [6.45, 7) is 0. The van der Waals surface area contributed by atoms with Gasteiger partial charge in [0.05, 0.1) is 0 Å². The lowest BCUT2D eigenvalue weighted by Crippen LogP contribution is -2.28. The van der Waals surface area contributed by atoms with Gasteiger partial charge in [0, 0.05) is 11.6 Å². The van der Waals surface area contributed by atoms with Gasteiger partial charge in [-0.3, -0.25) is 4.79 Å². The van der Waals surface area contributed by atoms with Gasteiger partial charge in [0.1, 0.15) is 5.82 Å². The number of benzene rings is 1. The third kappa shape index (κ3) is 3.34. The molecule has 0 radical (unpaired) electrons. The lowest BCUT2D eigenvalue weighted by molar-refractivity contribution is -0.122. The Bertz CT molecular complexity index is 623. The van der Waals surface area contributed by atoms with Crippen LogP contribution in [0.4, 0.5) is 21.7 Å². The van der Waals surface area contributed by atoms with Gasteiger partial charge in [-0.2, -0.15) is 0 Å². The van der Waals surface area contributed by atoms with E-state index in [0.717, 1.165) is 24.9 Å². The summed E-state index contributed by atoms with van der Waals surface area (Å²) in [6, 6.07) is 9.36. The van der Waals surface area contributed by atoms with Crippen molar-refractivity contribution in [2.75, 3.05) is 10.6 Å². The van der Waals surface area contributed by atoms with E-state index in [4.69, 9.17) is 0 Å². The molecule has 1 aromatic carbocycles. The Morgan fingerprint density at radius 3 is 2.29 bits per heavy atom. The van der Waals surface area contributed by atoms with Crippen LogP contribution in [0.2, 0.25) is 0 Å². The van der Waals surface area contributed by atoms with Crippen LogP contribution in [0, 0.1) is 11.7 Å². The van der Waals surface area contributed by atoms with E-state index >= 15 is 0 Å². The average Bonchev–Trinajstić information content (AvgIpc) is 2.41. The highest BCUT2D eigenvalue weighted by molar-refractivity contribution is 5.92. The smallest absolute Gasteiger partial charge is 0.228 e. The Balaban J connectivity index is 1.60. The first-order chi connectivity index (χ1) is 10.2. The molecule has 2 aromatic rings. The SMILES string of the molecule is O=C(Nc1ccc(Nc2ccc(F)cc2)nn1)C1CCC1. The van der Waals surface area contributed by atoms with E-state index in [2.05, 4.69) is 20.8 Å². The molecule has 1 amide bonds. The third-order valence-corrected chi connectivity index (χ3v) is 3.51. The number of aromatic nitrogens is 2. The van der Waals surface area contributed by atoms with Gasteiger partial charge in [-0.25, -0.2) is 4.39 Å². The van der Waals surface area contributed by atoms with Crippen LogP contribution in [0.3, 0.4) is 0 Å². The van der Waals surface area contributed by atoms with Crippen LogP contribution in [0.25, 0.3) is 0 Å². The molecule has 6 heteroatoms. The third-order valence-electron chi connectivity index (χ3n) is 3.51. The first-order valence-electron chi connectivity index (χ1n) is 6.88. The Hall–Kier alpha value is -2.50. The van der Waals surface area contributed by atoms with Crippen molar-refractivity contribution in [3.63, 3.8) is 0 Å². The van der Waals surface area contributed by atoms with Crippen LogP contribution in [0.5, 0.6) is 0 Å². The number of hydrogen-bond acceptors (Lipinski definition) is 4. The lowest BCUT2D eigenvalue weighted by atomic mass is 9.85. The normalized spacial score (nSPS) is 14.3. The summed E-state index contributed by atoms with van der Waals surface area (Å²) in [5.74, 6) is 0.805. The topological polar surface area (TPSA) is 66.9 Å². The molecule has 2 N–H and O–H groups in total. The van der Waals surface area contributed by atoms with Crippen molar-refractivity contribution in [2.45, 2.75) is 19.3 Å². The Kier molecular flexibility index (Phi) is 3.77. The Morgan fingerprint density at radius 1 is 1.05 bits per heavy atom. The van der Waals surface area contributed by atoms with Crippen molar-refractivity contribution in [2.24, 2.45) is 5.92 Å². The van der Waals surface area contributed by atoms with Crippen molar-refractivity contribution in [1.82, 2.24) is 10.2 Å². The molecule has 108 valence electrons. The number of rotatable bonds is 4. The molecule has 3 rings (SSSR count).